The molecule has 0 atom stereocenters. The zero-order valence-electron chi connectivity index (χ0n) is 9.79. The van der Waals surface area contributed by atoms with Crippen molar-refractivity contribution in [3.63, 3.8) is 0 Å². The van der Waals surface area contributed by atoms with Crippen LogP contribution in [0, 0.1) is 0 Å². The lowest BCUT2D eigenvalue weighted by Gasteiger charge is -1.98. The third kappa shape index (κ3) is 3.36. The van der Waals surface area contributed by atoms with E-state index in [1.165, 1.54) is 18.0 Å². The number of carbonyl (C=O) groups excluding carboxylic acids is 1. The van der Waals surface area contributed by atoms with Crippen LogP contribution in [-0.4, -0.2) is 28.5 Å². The van der Waals surface area contributed by atoms with Gasteiger partial charge < -0.3 is 13.6 Å². The Morgan fingerprint density at radius 1 is 1.50 bits per heavy atom. The zero-order chi connectivity index (χ0) is 12.8. The number of hydrogen-bond acceptors (Lipinski definition) is 7. The average Bonchev–Trinajstić information content (AvgIpc) is 2.99. The second-order valence-electron chi connectivity index (χ2n) is 3.25. The Morgan fingerprint density at radius 3 is 3.11 bits per heavy atom. The fourth-order valence-electron chi connectivity index (χ4n) is 1.22. The Morgan fingerprint density at radius 2 is 2.39 bits per heavy atom. The van der Waals surface area contributed by atoms with E-state index < -0.39 is 0 Å². The molecule has 0 aliphatic heterocycles. The highest BCUT2D eigenvalue weighted by molar-refractivity contribution is 7.99. The van der Waals surface area contributed by atoms with Crippen LogP contribution in [0.1, 0.15) is 13.3 Å². The molecule has 0 aliphatic carbocycles. The van der Waals surface area contributed by atoms with E-state index in [0.717, 1.165) is 0 Å². The molecule has 2 rings (SSSR count). The van der Waals surface area contributed by atoms with Crippen molar-refractivity contribution in [2.75, 3.05) is 12.4 Å². The van der Waals surface area contributed by atoms with Gasteiger partial charge in [0.1, 0.15) is 0 Å². The number of carbonyl (C=O) groups is 1. The summed E-state index contributed by atoms with van der Waals surface area (Å²) in [7, 11) is 0. The van der Waals surface area contributed by atoms with Crippen LogP contribution < -0.4 is 0 Å². The summed E-state index contributed by atoms with van der Waals surface area (Å²) in [5.74, 6) is 1.17. The highest BCUT2D eigenvalue weighted by atomic mass is 32.2. The molecule has 0 amide bonds. The van der Waals surface area contributed by atoms with Gasteiger partial charge in [-0.15, -0.1) is 10.2 Å². The summed E-state index contributed by atoms with van der Waals surface area (Å²) in [6, 6.07) is 3.48. The molecule has 18 heavy (non-hydrogen) atoms. The summed E-state index contributed by atoms with van der Waals surface area (Å²) in [6.45, 7) is 2.17. The fraction of sp³-hybridized carbons (Fsp3) is 0.364. The molecule has 2 heterocycles. The van der Waals surface area contributed by atoms with Crippen LogP contribution in [-0.2, 0) is 9.53 Å². The quantitative estimate of drug-likeness (QED) is 0.587. The molecule has 0 unspecified atom stereocenters. The summed E-state index contributed by atoms with van der Waals surface area (Å²) in [6.07, 6.45) is 1.85. The van der Waals surface area contributed by atoms with Crippen LogP contribution in [0.3, 0.4) is 0 Å². The minimum atomic E-state index is -0.226. The van der Waals surface area contributed by atoms with Gasteiger partial charge >= 0.3 is 5.97 Å². The molecular formula is C11H12N2O4S. The maximum atomic E-state index is 11.1. The minimum Gasteiger partial charge on any atom is -0.466 e. The van der Waals surface area contributed by atoms with Crippen molar-refractivity contribution >= 4 is 17.7 Å². The molecule has 2 aromatic rings. The van der Waals surface area contributed by atoms with Crippen LogP contribution in [0.15, 0.2) is 32.5 Å². The molecule has 0 saturated heterocycles. The number of nitrogens with zero attached hydrogens (tertiary/aromatic N) is 2. The van der Waals surface area contributed by atoms with Gasteiger partial charge in [-0.3, -0.25) is 4.79 Å². The summed E-state index contributed by atoms with van der Waals surface area (Å²) < 4.78 is 15.3. The molecule has 6 nitrogen and oxygen atoms in total. The Kier molecular flexibility index (Phi) is 4.40. The first-order valence-electron chi connectivity index (χ1n) is 5.45. The van der Waals surface area contributed by atoms with Crippen molar-refractivity contribution in [2.45, 2.75) is 18.6 Å². The zero-order valence-corrected chi connectivity index (χ0v) is 10.6. The normalized spacial score (nSPS) is 10.5. The second kappa shape index (κ2) is 6.25. The van der Waals surface area contributed by atoms with Crippen LogP contribution in [0.25, 0.3) is 11.7 Å². The van der Waals surface area contributed by atoms with E-state index in [1.54, 1.807) is 19.1 Å². The number of furan rings is 1. The Hall–Kier alpha value is -1.76. The molecule has 0 saturated carbocycles. The third-order valence-electron chi connectivity index (χ3n) is 1.98. The lowest BCUT2D eigenvalue weighted by molar-refractivity contribution is -0.142. The molecule has 0 aliphatic rings. The topological polar surface area (TPSA) is 78.4 Å². The third-order valence-corrected chi connectivity index (χ3v) is 2.80. The van der Waals surface area contributed by atoms with E-state index in [2.05, 4.69) is 10.2 Å². The van der Waals surface area contributed by atoms with Gasteiger partial charge in [0, 0.05) is 5.75 Å². The number of thioether (sulfide) groups is 1. The van der Waals surface area contributed by atoms with Gasteiger partial charge in [0.15, 0.2) is 5.76 Å². The number of esters is 1. The fourth-order valence-corrected chi connectivity index (χ4v) is 1.90. The average molecular weight is 268 g/mol. The first kappa shape index (κ1) is 12.7. The van der Waals surface area contributed by atoms with Gasteiger partial charge in [0.2, 0.25) is 0 Å². The highest BCUT2D eigenvalue weighted by Gasteiger charge is 2.11. The monoisotopic (exact) mass is 268 g/mol. The van der Waals surface area contributed by atoms with Crippen molar-refractivity contribution in [1.29, 1.82) is 0 Å². The highest BCUT2D eigenvalue weighted by Crippen LogP contribution is 2.23. The number of hydrogen-bond donors (Lipinski definition) is 0. The van der Waals surface area contributed by atoms with Gasteiger partial charge in [-0.05, 0) is 19.1 Å². The maximum Gasteiger partial charge on any atom is 0.306 e. The van der Waals surface area contributed by atoms with E-state index in [-0.39, 0.29) is 5.97 Å². The molecule has 0 spiro atoms. The van der Waals surface area contributed by atoms with Gasteiger partial charge in [-0.25, -0.2) is 0 Å². The van der Waals surface area contributed by atoms with Gasteiger partial charge in [0.05, 0.1) is 19.3 Å². The molecule has 0 fully saturated rings. The Bertz CT molecular complexity index is 495. The predicted octanol–water partition coefficient (Wildman–Crippen LogP) is 2.37. The Labute approximate surface area is 108 Å². The minimum absolute atomic E-state index is 0.226. The number of rotatable bonds is 6. The molecule has 0 aromatic carbocycles. The van der Waals surface area contributed by atoms with Crippen molar-refractivity contribution in [2.24, 2.45) is 0 Å². The SMILES string of the molecule is CCOC(=O)CCSc1nnc(-c2ccco2)o1. The number of ether oxygens (including phenoxy) is 1. The van der Waals surface area contributed by atoms with Crippen molar-refractivity contribution < 1.29 is 18.4 Å². The van der Waals surface area contributed by atoms with E-state index in [0.29, 0.717) is 35.7 Å². The molecule has 0 bridgehead atoms. The van der Waals surface area contributed by atoms with Crippen LogP contribution in [0.4, 0.5) is 0 Å². The summed E-state index contributed by atoms with van der Waals surface area (Å²) in [5, 5.41) is 8.10. The van der Waals surface area contributed by atoms with E-state index in [9.17, 15) is 4.79 Å². The van der Waals surface area contributed by atoms with Crippen molar-refractivity contribution in [3.8, 4) is 11.7 Å². The van der Waals surface area contributed by atoms with Crippen LogP contribution >= 0.6 is 11.8 Å². The number of aromatic nitrogens is 2. The summed E-state index contributed by atoms with van der Waals surface area (Å²) in [4.78, 5) is 11.1. The molecule has 96 valence electrons. The van der Waals surface area contributed by atoms with E-state index >= 15 is 0 Å². The van der Waals surface area contributed by atoms with E-state index in [1.807, 2.05) is 0 Å². The first-order valence-corrected chi connectivity index (χ1v) is 6.44. The maximum absolute atomic E-state index is 11.1. The van der Waals surface area contributed by atoms with Crippen molar-refractivity contribution in [1.82, 2.24) is 10.2 Å². The van der Waals surface area contributed by atoms with Crippen molar-refractivity contribution in [3.05, 3.63) is 18.4 Å². The van der Waals surface area contributed by atoms with Gasteiger partial charge in [-0.1, -0.05) is 11.8 Å². The molecule has 7 heteroatoms. The largest absolute Gasteiger partial charge is 0.466 e. The first-order chi connectivity index (χ1) is 8.79. The second-order valence-corrected chi connectivity index (χ2v) is 4.30. The molecule has 0 N–H and O–H groups in total. The van der Waals surface area contributed by atoms with E-state index in [4.69, 9.17) is 13.6 Å². The molecule has 0 radical (unpaired) electrons. The van der Waals surface area contributed by atoms with Crippen LogP contribution in [0.5, 0.6) is 0 Å². The van der Waals surface area contributed by atoms with Crippen LogP contribution in [0.2, 0.25) is 0 Å². The Balaban J connectivity index is 1.82. The summed E-state index contributed by atoms with van der Waals surface area (Å²) in [5.41, 5.74) is 0. The standard InChI is InChI=1S/C11H12N2O4S/c1-2-15-9(14)5-7-18-11-13-12-10(17-11)8-4-3-6-16-8/h3-4,6H,2,5,7H2,1H3. The van der Waals surface area contributed by atoms with Gasteiger partial charge in [0.25, 0.3) is 11.1 Å². The predicted molar refractivity (Wildman–Crippen MR) is 64.0 cm³/mol. The molecular weight excluding hydrogens is 256 g/mol. The van der Waals surface area contributed by atoms with Gasteiger partial charge in [-0.2, -0.15) is 0 Å². The molecule has 2 aromatic heterocycles. The lowest BCUT2D eigenvalue weighted by atomic mass is 10.5. The summed E-state index contributed by atoms with van der Waals surface area (Å²) >= 11 is 1.31. The lowest BCUT2D eigenvalue weighted by Crippen LogP contribution is -2.04. The smallest absolute Gasteiger partial charge is 0.306 e.